The lowest BCUT2D eigenvalue weighted by atomic mass is 10.2. The molecule has 1 aromatic carbocycles. The Morgan fingerprint density at radius 1 is 1.45 bits per heavy atom. The van der Waals surface area contributed by atoms with E-state index in [1.165, 1.54) is 6.34 Å². The van der Waals surface area contributed by atoms with Crippen molar-refractivity contribution in [3.05, 3.63) is 53.2 Å². The first-order chi connectivity index (χ1) is 10.6. The van der Waals surface area contributed by atoms with Crippen LogP contribution >= 0.6 is 11.6 Å². The Hall–Kier alpha value is -2.60. The number of hydrogen-bond donors (Lipinski definition) is 2. The highest BCUT2D eigenvalue weighted by Gasteiger charge is 2.20. The minimum absolute atomic E-state index is 0.233. The lowest BCUT2D eigenvalue weighted by Crippen LogP contribution is -2.14. The molecule has 2 rings (SSSR count). The van der Waals surface area contributed by atoms with Crippen molar-refractivity contribution in [1.82, 2.24) is 5.16 Å². The number of aliphatic imine (C=N–C) groups is 1. The van der Waals surface area contributed by atoms with Crippen molar-refractivity contribution >= 4 is 35.4 Å². The van der Waals surface area contributed by atoms with E-state index in [4.69, 9.17) is 16.1 Å². The summed E-state index contributed by atoms with van der Waals surface area (Å²) < 4.78 is 5.09. The van der Waals surface area contributed by atoms with Gasteiger partial charge in [0.2, 0.25) is 5.88 Å². The summed E-state index contributed by atoms with van der Waals surface area (Å²) in [6.45, 7) is 5.71. The Morgan fingerprint density at radius 3 is 2.86 bits per heavy atom. The molecule has 0 spiro atoms. The van der Waals surface area contributed by atoms with E-state index in [2.05, 4.69) is 27.4 Å². The van der Waals surface area contributed by atoms with E-state index >= 15 is 0 Å². The van der Waals surface area contributed by atoms with E-state index in [0.717, 1.165) is 0 Å². The van der Waals surface area contributed by atoms with Crippen molar-refractivity contribution in [2.24, 2.45) is 4.99 Å². The van der Waals surface area contributed by atoms with E-state index in [9.17, 15) is 4.79 Å². The molecular weight excluding hydrogens is 304 g/mol. The van der Waals surface area contributed by atoms with Gasteiger partial charge in [-0.25, -0.2) is 0 Å². The molecule has 0 aliphatic rings. The van der Waals surface area contributed by atoms with Gasteiger partial charge in [-0.1, -0.05) is 22.8 Å². The second-order valence-electron chi connectivity index (χ2n) is 4.36. The smallest absolute Gasteiger partial charge is 0.263 e. The predicted molar refractivity (Wildman–Crippen MR) is 87.8 cm³/mol. The fourth-order valence-electron chi connectivity index (χ4n) is 1.69. The van der Waals surface area contributed by atoms with Gasteiger partial charge in [0.25, 0.3) is 5.91 Å². The summed E-state index contributed by atoms with van der Waals surface area (Å²) in [5.74, 6) is -0.0996. The van der Waals surface area contributed by atoms with Gasteiger partial charge in [0.15, 0.2) is 0 Å². The molecular formula is C15H15ClN4O2. The maximum absolute atomic E-state index is 12.3. The molecule has 6 nitrogen and oxygen atoms in total. The number of amides is 1. The first-order valence-corrected chi connectivity index (χ1v) is 6.88. The number of aryl methyl sites for hydroxylation is 1. The summed E-state index contributed by atoms with van der Waals surface area (Å²) >= 11 is 5.81. The van der Waals surface area contributed by atoms with Crippen molar-refractivity contribution in [3.63, 3.8) is 0 Å². The van der Waals surface area contributed by atoms with Crippen LogP contribution in [0.4, 0.5) is 11.6 Å². The molecule has 0 radical (unpaired) electrons. The minimum Gasteiger partial charge on any atom is -0.337 e. The Kier molecular flexibility index (Phi) is 5.32. The van der Waals surface area contributed by atoms with Crippen molar-refractivity contribution < 1.29 is 9.32 Å². The monoisotopic (exact) mass is 318 g/mol. The van der Waals surface area contributed by atoms with E-state index in [1.54, 1.807) is 37.3 Å². The van der Waals surface area contributed by atoms with E-state index < -0.39 is 0 Å². The highest BCUT2D eigenvalue weighted by molar-refractivity contribution is 6.30. The third-order valence-corrected chi connectivity index (χ3v) is 2.97. The van der Waals surface area contributed by atoms with Crippen LogP contribution in [0.1, 0.15) is 16.1 Å². The molecule has 2 aromatic rings. The molecule has 1 heterocycles. The molecule has 0 unspecified atom stereocenters. The first kappa shape index (κ1) is 15.8. The van der Waals surface area contributed by atoms with Gasteiger partial charge in [0.1, 0.15) is 5.56 Å². The molecule has 1 amide bonds. The zero-order valence-electron chi connectivity index (χ0n) is 12.0. The lowest BCUT2D eigenvalue weighted by molar-refractivity contribution is 0.102. The Labute approximate surface area is 132 Å². The summed E-state index contributed by atoms with van der Waals surface area (Å²) in [6.07, 6.45) is 3.08. The van der Waals surface area contributed by atoms with Crippen molar-refractivity contribution in [3.8, 4) is 0 Å². The average Bonchev–Trinajstić information content (AvgIpc) is 2.87. The molecule has 0 saturated carbocycles. The van der Waals surface area contributed by atoms with Crippen LogP contribution < -0.4 is 10.6 Å². The molecule has 7 heteroatoms. The number of aromatic nitrogens is 1. The SMILES string of the molecule is C=CCN=CNc1onc(C)c1C(=O)Nc1ccc(Cl)cc1. The van der Waals surface area contributed by atoms with Crippen LogP contribution in [0.5, 0.6) is 0 Å². The van der Waals surface area contributed by atoms with Crippen LogP contribution in [0.15, 0.2) is 46.4 Å². The second kappa shape index (κ2) is 7.42. The van der Waals surface area contributed by atoms with Crippen LogP contribution in [0.3, 0.4) is 0 Å². The van der Waals surface area contributed by atoms with E-state index in [-0.39, 0.29) is 11.8 Å². The van der Waals surface area contributed by atoms with Gasteiger partial charge in [-0.15, -0.1) is 6.58 Å². The van der Waals surface area contributed by atoms with Gasteiger partial charge in [-0.2, -0.15) is 0 Å². The van der Waals surface area contributed by atoms with Gasteiger partial charge >= 0.3 is 0 Å². The second-order valence-corrected chi connectivity index (χ2v) is 4.80. The topological polar surface area (TPSA) is 79.5 Å². The summed E-state index contributed by atoms with van der Waals surface area (Å²) in [5, 5.41) is 9.94. The zero-order chi connectivity index (χ0) is 15.9. The van der Waals surface area contributed by atoms with E-state index in [1.807, 2.05) is 0 Å². The summed E-state index contributed by atoms with van der Waals surface area (Å²) in [6, 6.07) is 6.81. The van der Waals surface area contributed by atoms with Crippen LogP contribution in [0.2, 0.25) is 5.02 Å². The fourth-order valence-corrected chi connectivity index (χ4v) is 1.82. The van der Waals surface area contributed by atoms with Crippen LogP contribution in [-0.2, 0) is 0 Å². The van der Waals surface area contributed by atoms with Gasteiger partial charge < -0.3 is 15.2 Å². The van der Waals surface area contributed by atoms with E-state index in [0.29, 0.717) is 28.5 Å². The van der Waals surface area contributed by atoms with Gasteiger partial charge in [0, 0.05) is 10.7 Å². The Balaban J connectivity index is 2.13. The summed E-state index contributed by atoms with van der Waals surface area (Å²) in [7, 11) is 0. The third kappa shape index (κ3) is 3.95. The maximum Gasteiger partial charge on any atom is 0.263 e. The standard InChI is InChI=1S/C15H15ClN4O2/c1-3-8-17-9-18-15-13(10(2)20-22-15)14(21)19-12-6-4-11(16)5-7-12/h3-7,9H,1,8H2,2H3,(H,17,18)(H,19,21). The minimum atomic E-state index is -0.333. The maximum atomic E-state index is 12.3. The first-order valence-electron chi connectivity index (χ1n) is 6.50. The summed E-state index contributed by atoms with van der Waals surface area (Å²) in [4.78, 5) is 16.3. The van der Waals surface area contributed by atoms with Crippen molar-refractivity contribution in [2.75, 3.05) is 17.2 Å². The molecule has 1 aromatic heterocycles. The summed E-state index contributed by atoms with van der Waals surface area (Å²) in [5.41, 5.74) is 1.42. The number of benzene rings is 1. The molecule has 0 aliphatic carbocycles. The number of carbonyl (C=O) groups excluding carboxylic acids is 1. The Bertz CT molecular complexity index is 692. The van der Waals surface area contributed by atoms with Gasteiger partial charge in [0.05, 0.1) is 18.6 Å². The van der Waals surface area contributed by atoms with Gasteiger partial charge in [-0.05, 0) is 31.2 Å². The fraction of sp³-hybridized carbons (Fsp3) is 0.133. The number of carbonyl (C=O) groups is 1. The predicted octanol–water partition coefficient (Wildman–Crippen LogP) is 3.51. The number of nitrogens with one attached hydrogen (secondary N) is 2. The number of nitrogens with zero attached hydrogens (tertiary/aromatic N) is 2. The zero-order valence-corrected chi connectivity index (χ0v) is 12.7. The number of hydrogen-bond acceptors (Lipinski definition) is 4. The highest BCUT2D eigenvalue weighted by Crippen LogP contribution is 2.21. The largest absolute Gasteiger partial charge is 0.337 e. The normalized spacial score (nSPS) is 10.6. The highest BCUT2D eigenvalue weighted by atomic mass is 35.5. The van der Waals surface area contributed by atoms with Crippen LogP contribution in [-0.4, -0.2) is 23.9 Å². The number of halogens is 1. The molecule has 0 saturated heterocycles. The van der Waals surface area contributed by atoms with Gasteiger partial charge in [-0.3, -0.25) is 9.79 Å². The Morgan fingerprint density at radius 2 is 2.18 bits per heavy atom. The lowest BCUT2D eigenvalue weighted by Gasteiger charge is -2.05. The number of rotatable bonds is 6. The van der Waals surface area contributed by atoms with Crippen molar-refractivity contribution in [1.29, 1.82) is 0 Å². The third-order valence-electron chi connectivity index (χ3n) is 2.71. The molecule has 22 heavy (non-hydrogen) atoms. The molecule has 114 valence electrons. The van der Waals surface area contributed by atoms with Crippen LogP contribution in [0.25, 0.3) is 0 Å². The molecule has 0 fully saturated rings. The molecule has 0 bridgehead atoms. The quantitative estimate of drug-likeness (QED) is 0.485. The number of anilines is 2. The molecule has 0 aliphatic heterocycles. The van der Waals surface area contributed by atoms with Crippen LogP contribution in [0, 0.1) is 6.92 Å². The molecule has 2 N–H and O–H groups in total. The molecule has 0 atom stereocenters. The van der Waals surface area contributed by atoms with Crippen molar-refractivity contribution in [2.45, 2.75) is 6.92 Å². The average molecular weight is 319 g/mol.